The number of benzene rings is 2. The van der Waals surface area contributed by atoms with E-state index in [4.69, 9.17) is 20.4 Å². The minimum Gasteiger partial charge on any atom is -0.593 e. The number of rotatable bonds is 8. The molecule has 0 aliphatic heterocycles. The van der Waals surface area contributed by atoms with Crippen molar-refractivity contribution < 1.29 is 19.2 Å². The zero-order chi connectivity index (χ0) is 20.8. The Morgan fingerprint density at radius 2 is 1.93 bits per heavy atom. The Hall–Kier alpha value is -3.18. The van der Waals surface area contributed by atoms with E-state index in [1.54, 1.807) is 48.5 Å². The Bertz CT molecular complexity index is 1030. The summed E-state index contributed by atoms with van der Waals surface area (Å²) in [6.45, 7) is 0. The molecule has 0 saturated heterocycles. The van der Waals surface area contributed by atoms with E-state index in [0.717, 1.165) is 11.3 Å². The van der Waals surface area contributed by atoms with Gasteiger partial charge >= 0.3 is 5.97 Å². The van der Waals surface area contributed by atoms with E-state index in [2.05, 4.69) is 10.3 Å². The van der Waals surface area contributed by atoms with E-state index in [1.165, 1.54) is 11.6 Å². The maximum Gasteiger partial charge on any atom is 0.355 e. The van der Waals surface area contributed by atoms with E-state index in [1.807, 2.05) is 6.07 Å². The summed E-state index contributed by atoms with van der Waals surface area (Å²) in [7, 11) is 0. The number of aromatic nitrogens is 1. The summed E-state index contributed by atoms with van der Waals surface area (Å²) in [6, 6.07) is 15.3. The lowest BCUT2D eigenvalue weighted by Gasteiger charge is -2.12. The Labute approximate surface area is 173 Å². The van der Waals surface area contributed by atoms with Gasteiger partial charge in [-0.25, -0.2) is 9.78 Å². The standard InChI is InChI=1S/C19H16N4O4S2/c20-17(12-4-2-1-3-5-12)16(10-22-19-23-15(11-28-19)18(24)25)27-13-6-8-14(9-7-13)29(21)26/h1-11,20H,21H2,(H,22,23)(H,24,25)/b16-10+,20-17?. The Morgan fingerprint density at radius 3 is 2.52 bits per heavy atom. The molecule has 3 aromatic rings. The number of ether oxygens (including phenoxy) is 1. The molecule has 1 unspecified atom stereocenters. The number of nitrogens with zero attached hydrogens (tertiary/aromatic N) is 1. The van der Waals surface area contributed by atoms with Crippen molar-refractivity contribution in [2.45, 2.75) is 4.90 Å². The molecule has 1 heterocycles. The molecule has 0 aliphatic rings. The Balaban J connectivity index is 1.86. The maximum absolute atomic E-state index is 11.3. The van der Waals surface area contributed by atoms with E-state index in [0.29, 0.717) is 21.3 Å². The normalized spacial score (nSPS) is 12.3. The van der Waals surface area contributed by atoms with Gasteiger partial charge < -0.3 is 19.7 Å². The molecule has 0 amide bonds. The largest absolute Gasteiger partial charge is 0.593 e. The van der Waals surface area contributed by atoms with Crippen LogP contribution in [0.1, 0.15) is 16.1 Å². The monoisotopic (exact) mass is 428 g/mol. The lowest BCUT2D eigenvalue weighted by atomic mass is 10.1. The number of hydrogen-bond donors (Lipinski definition) is 4. The smallest absolute Gasteiger partial charge is 0.355 e. The van der Waals surface area contributed by atoms with E-state index >= 15 is 0 Å². The fourth-order valence-electron chi connectivity index (χ4n) is 2.23. The van der Waals surface area contributed by atoms with Crippen molar-refractivity contribution in [3.05, 3.63) is 83.2 Å². The number of hydrogen-bond acceptors (Lipinski definition) is 8. The lowest BCUT2D eigenvalue weighted by Crippen LogP contribution is -2.13. The van der Waals surface area contributed by atoms with Gasteiger partial charge in [0.15, 0.2) is 21.5 Å². The highest BCUT2D eigenvalue weighted by Crippen LogP contribution is 2.21. The second-order valence-electron chi connectivity index (χ2n) is 5.61. The molecule has 1 aromatic heterocycles. The van der Waals surface area contributed by atoms with Gasteiger partial charge in [0, 0.05) is 17.1 Å². The average Bonchev–Trinajstić information content (AvgIpc) is 3.21. The average molecular weight is 428 g/mol. The van der Waals surface area contributed by atoms with Crippen LogP contribution in [0.2, 0.25) is 0 Å². The summed E-state index contributed by atoms with van der Waals surface area (Å²) >= 11 is -0.480. The molecule has 10 heteroatoms. The third kappa shape index (κ3) is 5.42. The maximum atomic E-state index is 11.3. The molecule has 0 radical (unpaired) electrons. The van der Waals surface area contributed by atoms with Crippen LogP contribution >= 0.6 is 11.3 Å². The number of carboxylic acids is 1. The second-order valence-corrected chi connectivity index (χ2v) is 7.53. The van der Waals surface area contributed by atoms with Crippen molar-refractivity contribution in [3.63, 3.8) is 0 Å². The minimum atomic E-state index is -1.60. The summed E-state index contributed by atoms with van der Waals surface area (Å²) in [5.41, 5.74) is 0.669. The number of nitrogens with one attached hydrogen (secondary N) is 2. The fraction of sp³-hybridized carbons (Fsp3) is 0. The van der Waals surface area contributed by atoms with Crippen LogP contribution in [-0.4, -0.2) is 26.3 Å². The molecule has 29 heavy (non-hydrogen) atoms. The number of carboxylic acid groups (broad SMARTS) is 1. The van der Waals surface area contributed by atoms with Crippen molar-refractivity contribution in [1.82, 2.24) is 4.98 Å². The first-order chi connectivity index (χ1) is 13.9. The minimum absolute atomic E-state index is 0.0723. The first-order valence-electron chi connectivity index (χ1n) is 8.18. The molecule has 5 N–H and O–H groups in total. The number of aromatic carboxylic acids is 1. The van der Waals surface area contributed by atoms with Crippen LogP contribution in [0.15, 0.2) is 76.8 Å². The topological polar surface area (TPSA) is 144 Å². The van der Waals surface area contributed by atoms with Gasteiger partial charge in [0.2, 0.25) is 0 Å². The van der Waals surface area contributed by atoms with Gasteiger partial charge in [-0.05, 0) is 24.3 Å². The van der Waals surface area contributed by atoms with Gasteiger partial charge in [0.1, 0.15) is 11.5 Å². The fourth-order valence-corrected chi connectivity index (χ4v) is 3.29. The number of anilines is 1. The third-order valence-corrected chi connectivity index (χ3v) is 5.15. The van der Waals surface area contributed by atoms with E-state index < -0.39 is 17.3 Å². The number of thiazole rings is 1. The van der Waals surface area contributed by atoms with Crippen LogP contribution in [-0.2, 0) is 11.4 Å². The SMILES string of the molecule is N=C(/C(=C\Nc1nc(C(=O)O)cs1)Oc1ccc([S+](N)[O-])cc1)c1ccccc1. The molecule has 0 bridgehead atoms. The molecule has 148 valence electrons. The van der Waals surface area contributed by atoms with Crippen molar-refractivity contribution in [1.29, 1.82) is 5.41 Å². The lowest BCUT2D eigenvalue weighted by molar-refractivity contribution is 0.0691. The molecule has 1 atom stereocenters. The Kier molecular flexibility index (Phi) is 6.62. The van der Waals surface area contributed by atoms with Crippen molar-refractivity contribution in [2.75, 3.05) is 5.32 Å². The molecular formula is C19H16N4O4S2. The predicted molar refractivity (Wildman–Crippen MR) is 112 cm³/mol. The van der Waals surface area contributed by atoms with E-state index in [9.17, 15) is 9.35 Å². The third-order valence-electron chi connectivity index (χ3n) is 3.64. The van der Waals surface area contributed by atoms with Gasteiger partial charge in [-0.2, -0.15) is 0 Å². The number of nitrogens with two attached hydrogens (primary N) is 1. The van der Waals surface area contributed by atoms with Crippen molar-refractivity contribution >= 4 is 39.5 Å². The highest BCUT2D eigenvalue weighted by Gasteiger charge is 2.13. The van der Waals surface area contributed by atoms with Crippen LogP contribution in [0.3, 0.4) is 0 Å². The molecule has 0 spiro atoms. The predicted octanol–water partition coefficient (Wildman–Crippen LogP) is 3.22. The van der Waals surface area contributed by atoms with Crippen LogP contribution in [0.5, 0.6) is 5.75 Å². The van der Waals surface area contributed by atoms with Crippen molar-refractivity contribution in [2.24, 2.45) is 5.14 Å². The first kappa shape index (κ1) is 20.6. The Morgan fingerprint density at radius 1 is 1.24 bits per heavy atom. The van der Waals surface area contributed by atoms with Crippen molar-refractivity contribution in [3.8, 4) is 5.75 Å². The van der Waals surface area contributed by atoms with Gasteiger partial charge in [-0.3, -0.25) is 5.41 Å². The zero-order valence-corrected chi connectivity index (χ0v) is 16.5. The summed E-state index contributed by atoms with van der Waals surface area (Å²) in [4.78, 5) is 15.4. The molecule has 0 aliphatic carbocycles. The molecule has 8 nitrogen and oxygen atoms in total. The van der Waals surface area contributed by atoms with E-state index in [-0.39, 0.29) is 17.2 Å². The summed E-state index contributed by atoms with van der Waals surface area (Å²) in [5.74, 6) is -0.521. The molecule has 0 saturated carbocycles. The summed E-state index contributed by atoms with van der Waals surface area (Å²) in [6.07, 6.45) is 1.44. The summed E-state index contributed by atoms with van der Waals surface area (Å²) < 4.78 is 17.2. The highest BCUT2D eigenvalue weighted by atomic mass is 32.2. The quantitative estimate of drug-likeness (QED) is 0.245. The highest BCUT2D eigenvalue weighted by molar-refractivity contribution is 7.89. The number of allylic oxidation sites excluding steroid dienone is 1. The van der Waals surface area contributed by atoms with Crippen LogP contribution < -0.4 is 15.2 Å². The zero-order valence-electron chi connectivity index (χ0n) is 14.9. The molecule has 2 aromatic carbocycles. The molecular weight excluding hydrogens is 412 g/mol. The summed E-state index contributed by atoms with van der Waals surface area (Å²) in [5, 5.41) is 27.4. The molecule has 0 fully saturated rings. The molecule has 3 rings (SSSR count). The number of carbonyl (C=O) groups is 1. The first-order valence-corrected chi connectivity index (χ1v) is 10.3. The van der Waals surface area contributed by atoms with Crippen LogP contribution in [0.4, 0.5) is 5.13 Å². The van der Waals surface area contributed by atoms with Gasteiger partial charge in [-0.1, -0.05) is 30.3 Å². The van der Waals surface area contributed by atoms with Crippen LogP contribution in [0.25, 0.3) is 0 Å². The van der Waals surface area contributed by atoms with Gasteiger partial charge in [0.25, 0.3) is 0 Å². The van der Waals surface area contributed by atoms with Crippen LogP contribution in [0, 0.1) is 5.41 Å². The van der Waals surface area contributed by atoms with Gasteiger partial charge in [-0.15, -0.1) is 16.5 Å². The van der Waals surface area contributed by atoms with Gasteiger partial charge in [0.05, 0.1) is 11.4 Å². The second kappa shape index (κ2) is 9.34.